The van der Waals surface area contributed by atoms with E-state index in [9.17, 15) is 18.0 Å². The van der Waals surface area contributed by atoms with Crippen LogP contribution in [0.1, 0.15) is 49.8 Å². The van der Waals surface area contributed by atoms with Crippen LogP contribution in [-0.4, -0.2) is 44.3 Å². The van der Waals surface area contributed by atoms with Crippen molar-refractivity contribution in [2.45, 2.75) is 64.4 Å². The van der Waals surface area contributed by atoms with E-state index in [1.807, 2.05) is 45.0 Å². The minimum absolute atomic E-state index is 0.0660. The number of amides is 2. The number of anilines is 1. The van der Waals surface area contributed by atoms with E-state index in [2.05, 4.69) is 5.32 Å². The van der Waals surface area contributed by atoms with Gasteiger partial charge in [0.2, 0.25) is 11.8 Å². The summed E-state index contributed by atoms with van der Waals surface area (Å²) in [5.74, 6) is -1.70. The van der Waals surface area contributed by atoms with Crippen LogP contribution < -0.4 is 9.62 Å². The van der Waals surface area contributed by atoms with Gasteiger partial charge in [-0.05, 0) is 56.5 Å². The van der Waals surface area contributed by atoms with Crippen LogP contribution in [0.25, 0.3) is 0 Å². The third kappa shape index (κ3) is 7.69. The Morgan fingerprint density at radius 3 is 2.25 bits per heavy atom. The molecule has 3 aromatic rings. The number of halogens is 1. The highest BCUT2D eigenvalue weighted by atomic mass is 32.2. The molecular weight excluding hydrogens is 529 g/mol. The number of para-hydroxylation sites is 1. The molecule has 0 aliphatic heterocycles. The number of hydrogen-bond acceptors (Lipinski definition) is 4. The fourth-order valence-corrected chi connectivity index (χ4v) is 5.86. The summed E-state index contributed by atoms with van der Waals surface area (Å²) in [5.41, 5.74) is 2.40. The number of unbranched alkanes of at least 4 members (excludes halogenated alkanes) is 1. The number of carbonyl (C=O) groups is 2. The highest BCUT2D eigenvalue weighted by molar-refractivity contribution is 7.92. The third-order valence-electron chi connectivity index (χ3n) is 6.66. The Labute approximate surface area is 237 Å². The Hall–Kier alpha value is -3.72. The number of sulfonamides is 1. The largest absolute Gasteiger partial charge is 0.354 e. The molecule has 0 aliphatic carbocycles. The van der Waals surface area contributed by atoms with Gasteiger partial charge in [0.25, 0.3) is 10.0 Å². The van der Waals surface area contributed by atoms with Crippen LogP contribution >= 0.6 is 0 Å². The van der Waals surface area contributed by atoms with Crippen LogP contribution in [0.3, 0.4) is 0 Å². The Kier molecular flexibility index (Phi) is 10.8. The summed E-state index contributed by atoms with van der Waals surface area (Å²) in [7, 11) is -4.33. The molecule has 40 heavy (non-hydrogen) atoms. The van der Waals surface area contributed by atoms with Crippen molar-refractivity contribution in [3.05, 3.63) is 95.3 Å². The number of nitrogens with zero attached hydrogens (tertiary/aromatic N) is 2. The molecular formula is C31H38FN3O4S. The maximum absolute atomic E-state index is 15.0. The van der Waals surface area contributed by atoms with Crippen molar-refractivity contribution in [1.29, 1.82) is 0 Å². The Morgan fingerprint density at radius 2 is 1.62 bits per heavy atom. The number of benzene rings is 3. The van der Waals surface area contributed by atoms with Gasteiger partial charge in [0.1, 0.15) is 18.4 Å². The van der Waals surface area contributed by atoms with Crippen molar-refractivity contribution in [2.24, 2.45) is 0 Å². The van der Waals surface area contributed by atoms with Crippen LogP contribution in [0.5, 0.6) is 0 Å². The lowest BCUT2D eigenvalue weighted by molar-refractivity contribution is -0.140. The second kappa shape index (κ2) is 14.1. The smallest absolute Gasteiger partial charge is 0.264 e. The van der Waals surface area contributed by atoms with Gasteiger partial charge in [-0.2, -0.15) is 0 Å². The molecule has 0 saturated carbocycles. The minimum atomic E-state index is -4.33. The van der Waals surface area contributed by atoms with Gasteiger partial charge in [-0.25, -0.2) is 12.8 Å². The maximum Gasteiger partial charge on any atom is 0.264 e. The van der Waals surface area contributed by atoms with Crippen LogP contribution in [0, 0.1) is 19.7 Å². The molecule has 0 aromatic heterocycles. The van der Waals surface area contributed by atoms with E-state index in [1.54, 1.807) is 19.1 Å². The molecule has 1 unspecified atom stereocenters. The summed E-state index contributed by atoms with van der Waals surface area (Å²) in [6.07, 6.45) is 2.02. The maximum atomic E-state index is 15.0. The van der Waals surface area contributed by atoms with Crippen LogP contribution in [-0.2, 0) is 26.2 Å². The van der Waals surface area contributed by atoms with Crippen molar-refractivity contribution < 1.29 is 22.4 Å². The molecule has 1 atom stereocenters. The number of carbonyl (C=O) groups excluding carboxylic acids is 2. The van der Waals surface area contributed by atoms with Crippen molar-refractivity contribution in [1.82, 2.24) is 10.2 Å². The highest BCUT2D eigenvalue weighted by Crippen LogP contribution is 2.27. The first-order chi connectivity index (χ1) is 19.1. The van der Waals surface area contributed by atoms with Gasteiger partial charge in [-0.15, -0.1) is 0 Å². The van der Waals surface area contributed by atoms with E-state index in [1.165, 1.54) is 35.2 Å². The van der Waals surface area contributed by atoms with Crippen LogP contribution in [0.15, 0.2) is 77.7 Å². The summed E-state index contributed by atoms with van der Waals surface area (Å²) in [6.45, 7) is 7.47. The number of hydrogen-bond donors (Lipinski definition) is 1. The molecule has 3 aromatic carbocycles. The van der Waals surface area contributed by atoms with Gasteiger partial charge in [0.15, 0.2) is 0 Å². The Bertz CT molecular complexity index is 1410. The molecule has 0 saturated heterocycles. The van der Waals surface area contributed by atoms with Crippen molar-refractivity contribution in [3.8, 4) is 0 Å². The summed E-state index contributed by atoms with van der Waals surface area (Å²) in [5, 5.41) is 2.90. The summed E-state index contributed by atoms with van der Waals surface area (Å²) < 4.78 is 43.4. The lowest BCUT2D eigenvalue weighted by Crippen LogP contribution is -2.52. The summed E-state index contributed by atoms with van der Waals surface area (Å²) >= 11 is 0. The van der Waals surface area contributed by atoms with Gasteiger partial charge in [0.05, 0.1) is 10.6 Å². The number of rotatable bonds is 13. The molecule has 9 heteroatoms. The number of aryl methyl sites for hydroxylation is 2. The lowest BCUT2D eigenvalue weighted by Gasteiger charge is -2.33. The zero-order valence-electron chi connectivity index (χ0n) is 23.6. The van der Waals surface area contributed by atoms with Crippen LogP contribution in [0.4, 0.5) is 10.1 Å². The average Bonchev–Trinajstić information content (AvgIpc) is 2.92. The van der Waals surface area contributed by atoms with Crippen molar-refractivity contribution >= 4 is 27.5 Å². The topological polar surface area (TPSA) is 86.8 Å². The lowest BCUT2D eigenvalue weighted by atomic mass is 10.1. The van der Waals surface area contributed by atoms with Crippen molar-refractivity contribution in [2.75, 3.05) is 17.4 Å². The van der Waals surface area contributed by atoms with E-state index in [-0.39, 0.29) is 23.0 Å². The van der Waals surface area contributed by atoms with E-state index >= 15 is 4.39 Å². The second-order valence-electron chi connectivity index (χ2n) is 9.86. The zero-order valence-corrected chi connectivity index (χ0v) is 24.4. The molecule has 0 radical (unpaired) electrons. The first-order valence-corrected chi connectivity index (χ1v) is 15.0. The molecule has 3 rings (SSSR count). The zero-order chi connectivity index (χ0) is 29.3. The van der Waals surface area contributed by atoms with Gasteiger partial charge in [-0.1, -0.05) is 79.9 Å². The quantitative estimate of drug-likeness (QED) is 0.282. The monoisotopic (exact) mass is 567 g/mol. The molecule has 1 N–H and O–H groups in total. The normalized spacial score (nSPS) is 12.0. The SMILES string of the molecule is CCCCNC(=O)C(CC)N(Cc1cccc(C)c1)C(=O)CN(c1ccccc1F)S(=O)(=O)c1ccc(C)cc1. The summed E-state index contributed by atoms with van der Waals surface area (Å²) in [4.78, 5) is 28.6. The molecule has 214 valence electrons. The van der Waals surface area contributed by atoms with E-state index in [0.717, 1.165) is 39.9 Å². The Morgan fingerprint density at radius 1 is 0.925 bits per heavy atom. The third-order valence-corrected chi connectivity index (χ3v) is 8.43. The van der Waals surface area contributed by atoms with Gasteiger partial charge < -0.3 is 10.2 Å². The predicted molar refractivity (Wildman–Crippen MR) is 156 cm³/mol. The van der Waals surface area contributed by atoms with Crippen molar-refractivity contribution in [3.63, 3.8) is 0 Å². The standard InChI is InChI=1S/C31H38FN3O4S/c1-5-7-19-33-31(37)28(6-2)34(21-25-12-10-11-24(4)20-25)30(36)22-35(29-14-9-8-13-27(29)32)40(38,39)26-17-15-23(3)16-18-26/h8-18,20,28H,5-7,19,21-22H2,1-4H3,(H,33,37). The number of nitrogens with one attached hydrogen (secondary N) is 1. The first-order valence-electron chi connectivity index (χ1n) is 13.5. The molecule has 0 bridgehead atoms. The molecule has 0 fully saturated rings. The molecule has 2 amide bonds. The molecule has 0 heterocycles. The van der Waals surface area contributed by atoms with E-state index < -0.39 is 34.3 Å². The van der Waals surface area contributed by atoms with Gasteiger partial charge in [-0.3, -0.25) is 13.9 Å². The van der Waals surface area contributed by atoms with Gasteiger partial charge in [0, 0.05) is 13.1 Å². The molecule has 0 spiro atoms. The van der Waals surface area contributed by atoms with E-state index in [4.69, 9.17) is 0 Å². The molecule has 0 aliphatic rings. The fraction of sp³-hybridized carbons (Fsp3) is 0.355. The average molecular weight is 568 g/mol. The summed E-state index contributed by atoms with van der Waals surface area (Å²) in [6, 6.07) is 18.3. The fourth-order valence-electron chi connectivity index (χ4n) is 4.44. The van der Waals surface area contributed by atoms with E-state index in [0.29, 0.717) is 13.0 Å². The highest BCUT2D eigenvalue weighted by Gasteiger charge is 2.34. The first kappa shape index (κ1) is 30.8. The van der Waals surface area contributed by atoms with Crippen LogP contribution in [0.2, 0.25) is 0 Å². The predicted octanol–water partition coefficient (Wildman–Crippen LogP) is 5.36. The minimum Gasteiger partial charge on any atom is -0.354 e. The second-order valence-corrected chi connectivity index (χ2v) is 11.7. The Balaban J connectivity index is 2.05. The van der Waals surface area contributed by atoms with Gasteiger partial charge >= 0.3 is 0 Å². The molecule has 7 nitrogen and oxygen atoms in total.